The third-order valence-corrected chi connectivity index (χ3v) is 6.78. The first kappa shape index (κ1) is 30.3. The van der Waals surface area contributed by atoms with E-state index in [1.807, 2.05) is 12.1 Å². The number of pyridine rings is 1. The van der Waals surface area contributed by atoms with Gasteiger partial charge >= 0.3 is 6.36 Å². The van der Waals surface area contributed by atoms with E-state index in [1.54, 1.807) is 36.5 Å². The summed E-state index contributed by atoms with van der Waals surface area (Å²) in [6.07, 6.45) is 3.20. The molecule has 0 bridgehead atoms. The highest BCUT2D eigenvalue weighted by atomic mass is 32.1. The zero-order valence-corrected chi connectivity index (χ0v) is 23.3. The standard InChI is InChI=1S/C27H28F3N7O4S/c1-37-22(32-23(39)15-17-14-20(10-11-21(17)38)41-27(28,29)30)12-9-18(36-37)6-2-3-8-25-34-35-26(42-25)33-24(40)16-19-7-4-5-13-31-19/h4-5,7,9-14,36,38H,2-3,6,8,15-16H2,1H3,(H,32,39)(H,33,35,40). The maximum absolute atomic E-state index is 12.5. The fraction of sp³-hybridized carbons (Fsp3) is 0.296. The number of carbonyl (C=O) groups is 2. The first-order valence-electron chi connectivity index (χ1n) is 12.8. The maximum Gasteiger partial charge on any atom is 0.573 e. The van der Waals surface area contributed by atoms with Crippen LogP contribution in [0, 0.1) is 0 Å². The van der Waals surface area contributed by atoms with Crippen molar-refractivity contribution < 1.29 is 32.6 Å². The molecule has 11 nitrogen and oxygen atoms in total. The number of aromatic hydroxyl groups is 1. The zero-order chi connectivity index (χ0) is 30.1. The number of phenols is 1. The number of alkyl halides is 3. The summed E-state index contributed by atoms with van der Waals surface area (Å²) >= 11 is 1.33. The summed E-state index contributed by atoms with van der Waals surface area (Å²) < 4.78 is 41.3. The second-order valence-corrected chi connectivity index (χ2v) is 10.3. The first-order valence-corrected chi connectivity index (χ1v) is 13.7. The zero-order valence-electron chi connectivity index (χ0n) is 22.4. The Balaban J connectivity index is 1.20. The molecule has 1 aromatic carbocycles. The fourth-order valence-corrected chi connectivity index (χ4v) is 4.75. The minimum absolute atomic E-state index is 0.00748. The fourth-order valence-electron chi connectivity index (χ4n) is 3.96. The molecule has 4 N–H and O–H groups in total. The molecule has 0 saturated heterocycles. The Bertz CT molecular complexity index is 1460. The molecule has 0 atom stereocenters. The molecular formula is C27H28F3N7O4S. The van der Waals surface area contributed by atoms with Gasteiger partial charge in [0, 0.05) is 36.6 Å². The predicted octanol–water partition coefficient (Wildman–Crippen LogP) is 3.97. The molecule has 222 valence electrons. The van der Waals surface area contributed by atoms with E-state index in [2.05, 4.69) is 36.0 Å². The highest BCUT2D eigenvalue weighted by molar-refractivity contribution is 7.15. The number of aryl methyl sites for hydroxylation is 1. The van der Waals surface area contributed by atoms with E-state index in [-0.39, 0.29) is 30.1 Å². The molecule has 2 aromatic heterocycles. The smallest absolute Gasteiger partial charge is 0.508 e. The summed E-state index contributed by atoms with van der Waals surface area (Å²) in [5, 5.41) is 26.4. The molecule has 1 aliphatic rings. The number of rotatable bonds is 12. The third kappa shape index (κ3) is 9.47. The number of hydrazine groups is 1. The van der Waals surface area contributed by atoms with Crippen LogP contribution in [0.15, 0.2) is 66.3 Å². The summed E-state index contributed by atoms with van der Waals surface area (Å²) in [5.41, 5.74) is 4.75. The van der Waals surface area contributed by atoms with Crippen molar-refractivity contribution in [3.05, 3.63) is 82.5 Å². The predicted molar refractivity (Wildman–Crippen MR) is 148 cm³/mol. The Morgan fingerprint density at radius 1 is 1.05 bits per heavy atom. The van der Waals surface area contributed by atoms with Crippen molar-refractivity contribution in [1.82, 2.24) is 30.9 Å². The summed E-state index contributed by atoms with van der Waals surface area (Å²) in [5.74, 6) is -1.15. The number of amides is 2. The second-order valence-electron chi connectivity index (χ2n) is 9.23. The van der Waals surface area contributed by atoms with E-state index >= 15 is 0 Å². The quantitative estimate of drug-likeness (QED) is 0.226. The number of phenolic OH excluding ortho intramolecular Hbond substituents is 1. The van der Waals surface area contributed by atoms with Gasteiger partial charge in [-0.3, -0.25) is 19.6 Å². The van der Waals surface area contributed by atoms with Crippen molar-refractivity contribution in [2.75, 3.05) is 12.4 Å². The largest absolute Gasteiger partial charge is 0.573 e. The number of hydrogen-bond donors (Lipinski definition) is 4. The van der Waals surface area contributed by atoms with Crippen LogP contribution in [-0.4, -0.2) is 50.5 Å². The average Bonchev–Trinajstić information content (AvgIpc) is 3.36. The lowest BCUT2D eigenvalue weighted by Crippen LogP contribution is -2.42. The van der Waals surface area contributed by atoms with Crippen LogP contribution < -0.4 is 20.8 Å². The normalized spacial score (nSPS) is 13.1. The number of aromatic nitrogens is 3. The lowest BCUT2D eigenvalue weighted by molar-refractivity contribution is -0.274. The van der Waals surface area contributed by atoms with Crippen molar-refractivity contribution in [1.29, 1.82) is 0 Å². The molecule has 0 unspecified atom stereocenters. The highest BCUT2D eigenvalue weighted by Crippen LogP contribution is 2.28. The van der Waals surface area contributed by atoms with Crippen LogP contribution in [-0.2, 0) is 28.9 Å². The molecule has 0 spiro atoms. The van der Waals surface area contributed by atoms with Crippen molar-refractivity contribution >= 4 is 28.3 Å². The summed E-state index contributed by atoms with van der Waals surface area (Å²) in [6.45, 7) is 0. The topological polar surface area (TPSA) is 142 Å². The average molecular weight is 604 g/mol. The number of allylic oxidation sites excluding steroid dienone is 3. The maximum atomic E-state index is 12.5. The molecule has 0 saturated carbocycles. The summed E-state index contributed by atoms with van der Waals surface area (Å²) in [4.78, 5) is 28.8. The van der Waals surface area contributed by atoms with Gasteiger partial charge in [0.15, 0.2) is 0 Å². The Hall–Kier alpha value is -4.66. The molecule has 3 heterocycles. The lowest BCUT2D eigenvalue weighted by atomic mass is 10.1. The molecule has 0 aliphatic carbocycles. The van der Waals surface area contributed by atoms with Crippen LogP contribution in [0.5, 0.6) is 11.5 Å². The minimum atomic E-state index is -4.89. The van der Waals surface area contributed by atoms with Gasteiger partial charge in [-0.05, 0) is 61.7 Å². The van der Waals surface area contributed by atoms with Crippen LogP contribution in [0.25, 0.3) is 0 Å². The van der Waals surface area contributed by atoms with Gasteiger partial charge < -0.3 is 25.9 Å². The van der Waals surface area contributed by atoms with Gasteiger partial charge in [0.1, 0.15) is 22.3 Å². The van der Waals surface area contributed by atoms with Gasteiger partial charge in [0.2, 0.25) is 16.9 Å². The van der Waals surface area contributed by atoms with Crippen LogP contribution in [0.2, 0.25) is 0 Å². The van der Waals surface area contributed by atoms with E-state index < -0.39 is 18.0 Å². The summed E-state index contributed by atoms with van der Waals surface area (Å²) in [7, 11) is 1.71. The van der Waals surface area contributed by atoms with Crippen molar-refractivity contribution in [3.63, 3.8) is 0 Å². The number of halogens is 3. The van der Waals surface area contributed by atoms with E-state index in [0.717, 1.165) is 48.2 Å². The Morgan fingerprint density at radius 3 is 2.57 bits per heavy atom. The number of hydrogen-bond acceptors (Lipinski definition) is 10. The van der Waals surface area contributed by atoms with Crippen LogP contribution in [0.3, 0.4) is 0 Å². The van der Waals surface area contributed by atoms with Gasteiger partial charge in [-0.15, -0.1) is 23.4 Å². The number of ether oxygens (including phenoxy) is 1. The lowest BCUT2D eigenvalue weighted by Gasteiger charge is -2.29. The van der Waals surface area contributed by atoms with Crippen LogP contribution in [0.4, 0.5) is 18.3 Å². The number of nitrogens with one attached hydrogen (secondary N) is 3. The highest BCUT2D eigenvalue weighted by Gasteiger charge is 2.31. The van der Waals surface area contributed by atoms with Gasteiger partial charge in [-0.2, -0.15) is 0 Å². The first-order chi connectivity index (χ1) is 20.0. The van der Waals surface area contributed by atoms with E-state index in [1.165, 1.54) is 11.3 Å². The molecule has 42 heavy (non-hydrogen) atoms. The van der Waals surface area contributed by atoms with E-state index in [4.69, 9.17) is 0 Å². The van der Waals surface area contributed by atoms with Gasteiger partial charge in [0.05, 0.1) is 12.8 Å². The molecule has 3 aromatic rings. The van der Waals surface area contributed by atoms with Crippen LogP contribution in [0.1, 0.15) is 35.5 Å². The number of nitrogens with zero attached hydrogens (tertiary/aromatic N) is 4. The number of anilines is 1. The Kier molecular flexibility index (Phi) is 9.96. The minimum Gasteiger partial charge on any atom is -0.508 e. The molecule has 4 rings (SSSR count). The number of unbranched alkanes of at least 4 members (excludes halogenated alkanes) is 1. The Labute approximate surface area is 243 Å². The SMILES string of the molecule is CN1NC(CCCCc2nnc(NC(=O)Cc3ccccn3)s2)=CC=C1NC(=O)Cc1cc(OC(F)(F)F)ccc1O. The molecule has 15 heteroatoms. The van der Waals surface area contributed by atoms with Crippen molar-refractivity contribution in [2.24, 2.45) is 0 Å². The van der Waals surface area contributed by atoms with E-state index in [9.17, 15) is 27.9 Å². The molecule has 1 aliphatic heterocycles. The second kappa shape index (κ2) is 13.8. The molecule has 0 fully saturated rings. The van der Waals surface area contributed by atoms with Gasteiger partial charge in [-0.1, -0.05) is 17.4 Å². The van der Waals surface area contributed by atoms with Gasteiger partial charge in [0.25, 0.3) is 0 Å². The molecule has 0 radical (unpaired) electrons. The monoisotopic (exact) mass is 603 g/mol. The van der Waals surface area contributed by atoms with Crippen molar-refractivity contribution in [3.8, 4) is 11.5 Å². The van der Waals surface area contributed by atoms with E-state index in [0.29, 0.717) is 23.1 Å². The van der Waals surface area contributed by atoms with Crippen LogP contribution >= 0.6 is 11.3 Å². The number of carbonyl (C=O) groups excluding carboxylic acids is 2. The summed E-state index contributed by atoms with van der Waals surface area (Å²) in [6, 6.07) is 8.37. The molecular weight excluding hydrogens is 575 g/mol. The Morgan fingerprint density at radius 2 is 1.83 bits per heavy atom. The van der Waals surface area contributed by atoms with Gasteiger partial charge in [-0.25, -0.2) is 0 Å². The third-order valence-electron chi connectivity index (χ3n) is 5.89. The number of benzene rings is 1. The molecule has 2 amide bonds. The van der Waals surface area contributed by atoms with Crippen molar-refractivity contribution in [2.45, 2.75) is 44.9 Å².